The zero-order chi connectivity index (χ0) is 25.2. The Labute approximate surface area is 208 Å². The summed E-state index contributed by atoms with van der Waals surface area (Å²) < 4.78 is 0. The van der Waals surface area contributed by atoms with Gasteiger partial charge in [-0.25, -0.2) is 0 Å². The van der Waals surface area contributed by atoms with Crippen LogP contribution in [0.15, 0.2) is 74.0 Å². The summed E-state index contributed by atoms with van der Waals surface area (Å²) in [7, 11) is 1.91. The van der Waals surface area contributed by atoms with Gasteiger partial charge in [-0.2, -0.15) is 0 Å². The summed E-state index contributed by atoms with van der Waals surface area (Å²) in [5.74, 6) is 1.32. The van der Waals surface area contributed by atoms with Crippen LogP contribution in [0.2, 0.25) is 0 Å². The number of allylic oxidation sites excluding steroid dienone is 3. The molecule has 182 valence electrons. The van der Waals surface area contributed by atoms with Gasteiger partial charge >= 0.3 is 0 Å². The number of nitrogens with one attached hydrogen (secondary N) is 2. The zero-order valence-corrected chi connectivity index (χ0v) is 22.9. The van der Waals surface area contributed by atoms with Gasteiger partial charge in [0.25, 0.3) is 0 Å². The highest BCUT2D eigenvalue weighted by molar-refractivity contribution is 8.00. The highest BCUT2D eigenvalue weighted by Gasteiger charge is 2.14. The minimum Gasteiger partial charge on any atom is -0.392 e. The average molecular weight is 467 g/mol. The molecule has 0 aliphatic carbocycles. The Balaban J connectivity index is 0.000000541. The van der Waals surface area contributed by atoms with Crippen molar-refractivity contribution < 1.29 is 0 Å². The fourth-order valence-electron chi connectivity index (χ4n) is 3.23. The molecule has 1 heterocycles. The molecule has 3 rings (SSSR count). The number of rotatable bonds is 6. The molecule has 2 aromatic carbocycles. The van der Waals surface area contributed by atoms with Crippen LogP contribution in [0.1, 0.15) is 61.4 Å². The highest BCUT2D eigenvalue weighted by atomic mass is 32.2. The van der Waals surface area contributed by atoms with E-state index in [0.717, 1.165) is 17.8 Å². The molecule has 1 aliphatic rings. The van der Waals surface area contributed by atoms with Crippen molar-refractivity contribution in [1.29, 1.82) is 0 Å². The van der Waals surface area contributed by atoms with Gasteiger partial charge in [-0.15, -0.1) is 24.9 Å². The molecule has 33 heavy (non-hydrogen) atoms. The molecule has 2 aromatic rings. The van der Waals surface area contributed by atoms with E-state index in [0.29, 0.717) is 5.37 Å². The first-order valence-corrected chi connectivity index (χ1v) is 13.0. The summed E-state index contributed by atoms with van der Waals surface area (Å²) in [5, 5.41) is 7.38. The number of hydrogen-bond acceptors (Lipinski definition) is 3. The molecule has 3 heteroatoms. The fourth-order valence-corrected chi connectivity index (χ4v) is 4.38. The topological polar surface area (TPSA) is 24.1 Å². The summed E-state index contributed by atoms with van der Waals surface area (Å²) in [6, 6.07) is 15.0. The normalized spacial score (nSPS) is 14.5. The van der Waals surface area contributed by atoms with Gasteiger partial charge in [0, 0.05) is 19.3 Å². The molecule has 0 radical (unpaired) electrons. The number of thioether (sulfide) groups is 1. The second-order valence-electron chi connectivity index (χ2n) is 7.72. The first-order chi connectivity index (χ1) is 15.9. The second-order valence-corrected chi connectivity index (χ2v) is 9.03. The third-order valence-corrected chi connectivity index (χ3v) is 6.64. The van der Waals surface area contributed by atoms with Gasteiger partial charge in [-0.05, 0) is 85.8 Å². The minimum atomic E-state index is 0.687. The SMILES string of the molecule is C=C.C=C(/C=C(\C)NC)c1ccccc1C.CC.Cc1ccc(CNC2CCCS2)cc1C. The molecule has 2 N–H and O–H groups in total. The van der Waals surface area contributed by atoms with E-state index >= 15 is 0 Å². The Kier molecular flexibility index (Phi) is 17.0. The standard InChI is InChI=1S/C13H19NS.C13H17N.C2H6.C2H4/c1-10-5-6-12(8-11(10)2)9-14-13-4-3-7-15-13;1-10-7-5-6-8-13(10)11(2)9-12(3)14-4;2*1-2/h5-6,8,13-14H,3-4,7,9H2,1-2H3;5-9,14H,2H2,1,3-4H3;1-2H3;1-2H2/b;12-9+;;. The van der Waals surface area contributed by atoms with Crippen LogP contribution in [0.25, 0.3) is 5.57 Å². The summed E-state index contributed by atoms with van der Waals surface area (Å²) in [4.78, 5) is 0. The molecule has 1 aliphatic heterocycles. The molecular formula is C30H46N2S. The van der Waals surface area contributed by atoms with Crippen molar-refractivity contribution in [2.24, 2.45) is 0 Å². The molecule has 0 spiro atoms. The van der Waals surface area contributed by atoms with Crippen molar-refractivity contribution in [2.45, 2.75) is 66.3 Å². The van der Waals surface area contributed by atoms with Crippen LogP contribution in [0, 0.1) is 20.8 Å². The van der Waals surface area contributed by atoms with Gasteiger partial charge in [0.05, 0.1) is 5.37 Å². The quantitative estimate of drug-likeness (QED) is 0.331. The Morgan fingerprint density at radius 1 is 1.03 bits per heavy atom. The van der Waals surface area contributed by atoms with E-state index in [2.05, 4.69) is 99.3 Å². The van der Waals surface area contributed by atoms with Gasteiger partial charge in [0.2, 0.25) is 0 Å². The molecule has 2 nitrogen and oxygen atoms in total. The lowest BCUT2D eigenvalue weighted by Gasteiger charge is -2.12. The maximum absolute atomic E-state index is 4.06. The number of benzene rings is 2. The van der Waals surface area contributed by atoms with E-state index in [4.69, 9.17) is 0 Å². The van der Waals surface area contributed by atoms with Crippen molar-refractivity contribution in [3.63, 3.8) is 0 Å². The van der Waals surface area contributed by atoms with Crippen molar-refractivity contribution in [3.8, 4) is 0 Å². The third-order valence-electron chi connectivity index (χ3n) is 5.31. The molecular weight excluding hydrogens is 420 g/mol. The Hall–Kier alpha value is -2.23. The summed E-state index contributed by atoms with van der Waals surface area (Å²) in [6.07, 6.45) is 4.76. The third kappa shape index (κ3) is 12.0. The maximum Gasteiger partial charge on any atom is 0.0535 e. The van der Waals surface area contributed by atoms with E-state index in [9.17, 15) is 0 Å². The molecule has 1 atom stereocenters. The Bertz CT molecular complexity index is 848. The summed E-state index contributed by atoms with van der Waals surface area (Å²) in [5.41, 5.74) is 8.83. The van der Waals surface area contributed by atoms with Gasteiger partial charge in [-0.1, -0.05) is 62.9 Å². The summed E-state index contributed by atoms with van der Waals surface area (Å²) in [6.45, 7) is 23.6. The highest BCUT2D eigenvalue weighted by Crippen LogP contribution is 2.24. The van der Waals surface area contributed by atoms with Gasteiger partial charge in [0.1, 0.15) is 0 Å². The fraction of sp³-hybridized carbons (Fsp3) is 0.400. The molecule has 1 unspecified atom stereocenters. The van der Waals surface area contributed by atoms with Crippen molar-refractivity contribution in [3.05, 3.63) is 102 Å². The maximum atomic E-state index is 4.06. The largest absolute Gasteiger partial charge is 0.392 e. The number of aryl methyl sites for hydroxylation is 3. The lowest BCUT2D eigenvalue weighted by molar-refractivity contribution is 0.624. The van der Waals surface area contributed by atoms with Crippen LogP contribution in [0.5, 0.6) is 0 Å². The number of hydrogen-bond donors (Lipinski definition) is 2. The molecule has 0 bridgehead atoms. The predicted molar refractivity (Wildman–Crippen MR) is 154 cm³/mol. The van der Waals surface area contributed by atoms with Crippen LogP contribution >= 0.6 is 11.8 Å². The first-order valence-electron chi connectivity index (χ1n) is 11.9. The second kappa shape index (κ2) is 18.2. The van der Waals surface area contributed by atoms with Gasteiger partial charge < -0.3 is 10.6 Å². The Morgan fingerprint density at radius 2 is 1.70 bits per heavy atom. The average Bonchev–Trinajstić information content (AvgIpc) is 3.37. The minimum absolute atomic E-state index is 0.687. The van der Waals surface area contributed by atoms with Crippen molar-refractivity contribution in [1.82, 2.24) is 10.6 Å². The van der Waals surface area contributed by atoms with E-state index in [1.54, 1.807) is 0 Å². The Morgan fingerprint density at radius 3 is 2.24 bits per heavy atom. The predicted octanol–water partition coefficient (Wildman–Crippen LogP) is 8.21. The van der Waals surface area contributed by atoms with Crippen LogP contribution in [-0.2, 0) is 6.54 Å². The lowest BCUT2D eigenvalue weighted by Crippen LogP contribution is -2.22. The molecule has 0 aromatic heterocycles. The molecule has 1 saturated heterocycles. The lowest BCUT2D eigenvalue weighted by atomic mass is 10.0. The van der Waals surface area contributed by atoms with Crippen LogP contribution in [-0.4, -0.2) is 18.2 Å². The van der Waals surface area contributed by atoms with Crippen molar-refractivity contribution in [2.75, 3.05) is 12.8 Å². The zero-order valence-electron chi connectivity index (χ0n) is 22.1. The van der Waals surface area contributed by atoms with E-state index in [1.165, 1.54) is 46.4 Å². The van der Waals surface area contributed by atoms with E-state index in [1.807, 2.05) is 40.0 Å². The smallest absolute Gasteiger partial charge is 0.0535 e. The summed E-state index contributed by atoms with van der Waals surface area (Å²) >= 11 is 2.06. The van der Waals surface area contributed by atoms with Crippen molar-refractivity contribution >= 4 is 17.3 Å². The van der Waals surface area contributed by atoms with Crippen LogP contribution < -0.4 is 10.6 Å². The molecule has 0 saturated carbocycles. The van der Waals surface area contributed by atoms with Crippen LogP contribution in [0.4, 0.5) is 0 Å². The van der Waals surface area contributed by atoms with Gasteiger partial charge in [0.15, 0.2) is 0 Å². The van der Waals surface area contributed by atoms with E-state index in [-0.39, 0.29) is 0 Å². The first kappa shape index (κ1) is 30.8. The van der Waals surface area contributed by atoms with E-state index < -0.39 is 0 Å². The monoisotopic (exact) mass is 466 g/mol. The molecule has 0 amide bonds. The van der Waals surface area contributed by atoms with Gasteiger partial charge in [-0.3, -0.25) is 0 Å². The van der Waals surface area contributed by atoms with Crippen LogP contribution in [0.3, 0.4) is 0 Å². The molecule has 1 fully saturated rings.